The maximum absolute atomic E-state index is 12.7. The Hall–Kier alpha value is -3.06. The molecule has 3 heterocycles. The molecular formula is C22H22N4O2S. The highest BCUT2D eigenvalue weighted by molar-refractivity contribution is 7.08. The number of rotatable bonds is 5. The highest BCUT2D eigenvalue weighted by atomic mass is 32.1. The van der Waals surface area contributed by atoms with Crippen LogP contribution in [0.2, 0.25) is 0 Å². The summed E-state index contributed by atoms with van der Waals surface area (Å²) in [6, 6.07) is 7.93. The van der Waals surface area contributed by atoms with E-state index in [1.807, 2.05) is 48.9 Å². The van der Waals surface area contributed by atoms with Gasteiger partial charge in [-0.1, -0.05) is 6.07 Å². The lowest BCUT2D eigenvalue weighted by atomic mass is 10.1. The second kappa shape index (κ2) is 8.13. The summed E-state index contributed by atoms with van der Waals surface area (Å²) in [6.45, 7) is 4.74. The number of anilines is 1. The molecule has 0 unspecified atom stereocenters. The molecule has 1 atom stereocenters. The minimum atomic E-state index is -0.370. The van der Waals surface area contributed by atoms with Gasteiger partial charge in [-0.3, -0.25) is 19.6 Å². The van der Waals surface area contributed by atoms with Crippen LogP contribution in [0.25, 0.3) is 11.3 Å². The van der Waals surface area contributed by atoms with E-state index >= 15 is 0 Å². The summed E-state index contributed by atoms with van der Waals surface area (Å²) < 4.78 is 0. The molecule has 1 aliphatic heterocycles. The van der Waals surface area contributed by atoms with Crippen LogP contribution in [0, 0.1) is 19.8 Å². The molecule has 0 bridgehead atoms. The minimum absolute atomic E-state index is 0.0214. The highest BCUT2D eigenvalue weighted by Gasteiger charge is 2.35. The van der Waals surface area contributed by atoms with E-state index in [0.717, 1.165) is 28.2 Å². The fraction of sp³-hybridized carbons (Fsp3) is 0.273. The van der Waals surface area contributed by atoms with Gasteiger partial charge in [0.15, 0.2) is 0 Å². The Kier molecular flexibility index (Phi) is 5.40. The zero-order valence-corrected chi connectivity index (χ0v) is 17.2. The lowest BCUT2D eigenvalue weighted by molar-refractivity contribution is -0.126. The first-order chi connectivity index (χ1) is 14.0. The average molecular weight is 407 g/mol. The lowest BCUT2D eigenvalue weighted by Crippen LogP contribution is -2.33. The summed E-state index contributed by atoms with van der Waals surface area (Å²) in [5.41, 5.74) is 5.64. The van der Waals surface area contributed by atoms with E-state index in [4.69, 9.17) is 0 Å². The number of aromatic nitrogens is 2. The fourth-order valence-electron chi connectivity index (χ4n) is 3.48. The number of amides is 2. The average Bonchev–Trinajstić information content (AvgIpc) is 3.38. The number of nitrogens with one attached hydrogen (secondary N) is 1. The maximum Gasteiger partial charge on any atom is 0.227 e. The normalized spacial score (nSPS) is 16.3. The van der Waals surface area contributed by atoms with Crippen molar-refractivity contribution in [2.24, 2.45) is 5.92 Å². The number of aryl methyl sites for hydroxylation is 2. The molecule has 4 rings (SSSR count). The molecule has 7 heteroatoms. The van der Waals surface area contributed by atoms with Crippen molar-refractivity contribution in [3.8, 4) is 11.3 Å². The monoisotopic (exact) mass is 406 g/mol. The van der Waals surface area contributed by atoms with Crippen LogP contribution in [0.4, 0.5) is 5.69 Å². The maximum atomic E-state index is 12.7. The van der Waals surface area contributed by atoms with E-state index in [-0.39, 0.29) is 30.7 Å². The van der Waals surface area contributed by atoms with Crippen molar-refractivity contribution in [1.82, 2.24) is 15.3 Å². The zero-order chi connectivity index (χ0) is 20.4. The number of thiophene rings is 1. The second-order valence-corrected chi connectivity index (χ2v) is 8.04. The Labute approximate surface area is 173 Å². The molecule has 1 saturated heterocycles. The zero-order valence-electron chi connectivity index (χ0n) is 16.4. The minimum Gasteiger partial charge on any atom is -0.350 e. The third kappa shape index (κ3) is 4.05. The van der Waals surface area contributed by atoms with E-state index in [1.54, 1.807) is 28.6 Å². The Morgan fingerprint density at radius 1 is 1.21 bits per heavy atom. The van der Waals surface area contributed by atoms with Gasteiger partial charge in [-0.05, 0) is 48.6 Å². The van der Waals surface area contributed by atoms with E-state index in [2.05, 4.69) is 15.3 Å². The van der Waals surface area contributed by atoms with Crippen molar-refractivity contribution in [3.05, 3.63) is 64.2 Å². The molecule has 0 spiro atoms. The van der Waals surface area contributed by atoms with Gasteiger partial charge < -0.3 is 10.2 Å². The van der Waals surface area contributed by atoms with Crippen LogP contribution in [-0.2, 0) is 16.1 Å². The number of carbonyl (C=O) groups is 2. The largest absolute Gasteiger partial charge is 0.350 e. The first-order valence-corrected chi connectivity index (χ1v) is 10.4. The third-order valence-electron chi connectivity index (χ3n) is 5.30. The Balaban J connectivity index is 1.43. The van der Waals surface area contributed by atoms with Crippen LogP contribution in [0.5, 0.6) is 0 Å². The standard InChI is InChI=1S/C22H22N4O2S/c1-14-3-4-18(9-15(14)2)26-12-17(10-20(26)27)22(28)25-11-19-21(24-7-6-23-19)16-5-8-29-13-16/h3-9,13,17H,10-12H2,1-2H3,(H,25,28)/t17-/m0/s1. The van der Waals surface area contributed by atoms with Gasteiger partial charge in [-0.15, -0.1) is 0 Å². The molecule has 1 aliphatic rings. The molecule has 6 nitrogen and oxygen atoms in total. The summed E-state index contributed by atoms with van der Waals surface area (Å²) in [6.07, 6.45) is 3.49. The predicted molar refractivity (Wildman–Crippen MR) is 114 cm³/mol. The van der Waals surface area contributed by atoms with Gasteiger partial charge in [-0.2, -0.15) is 11.3 Å². The number of benzene rings is 1. The number of hydrogen-bond donors (Lipinski definition) is 1. The topological polar surface area (TPSA) is 75.2 Å². The predicted octanol–water partition coefficient (Wildman–Crippen LogP) is 3.49. The molecule has 1 fully saturated rings. The lowest BCUT2D eigenvalue weighted by Gasteiger charge is -2.18. The SMILES string of the molecule is Cc1ccc(N2C[C@@H](C(=O)NCc3nccnc3-c3ccsc3)CC2=O)cc1C. The molecule has 0 radical (unpaired) electrons. The van der Waals surface area contributed by atoms with Crippen molar-refractivity contribution < 1.29 is 9.59 Å². The molecule has 1 N–H and O–H groups in total. The Morgan fingerprint density at radius 2 is 2.03 bits per heavy atom. The van der Waals surface area contributed by atoms with Crippen LogP contribution in [-0.4, -0.2) is 28.3 Å². The number of nitrogens with zero attached hydrogens (tertiary/aromatic N) is 3. The van der Waals surface area contributed by atoms with Gasteiger partial charge in [-0.25, -0.2) is 0 Å². The van der Waals surface area contributed by atoms with Crippen LogP contribution in [0.1, 0.15) is 23.2 Å². The molecule has 29 heavy (non-hydrogen) atoms. The van der Waals surface area contributed by atoms with Gasteiger partial charge in [0.2, 0.25) is 11.8 Å². The van der Waals surface area contributed by atoms with Crippen LogP contribution in [0.3, 0.4) is 0 Å². The van der Waals surface area contributed by atoms with Gasteiger partial charge in [0.05, 0.1) is 23.9 Å². The fourth-order valence-corrected chi connectivity index (χ4v) is 4.12. The third-order valence-corrected chi connectivity index (χ3v) is 5.98. The van der Waals surface area contributed by atoms with Crippen LogP contribution in [0.15, 0.2) is 47.4 Å². The summed E-state index contributed by atoms with van der Waals surface area (Å²) in [7, 11) is 0. The van der Waals surface area contributed by atoms with Crippen molar-refractivity contribution in [2.45, 2.75) is 26.8 Å². The molecule has 148 valence electrons. The number of hydrogen-bond acceptors (Lipinski definition) is 5. The van der Waals surface area contributed by atoms with Crippen molar-refractivity contribution in [3.63, 3.8) is 0 Å². The van der Waals surface area contributed by atoms with E-state index < -0.39 is 0 Å². The highest BCUT2D eigenvalue weighted by Crippen LogP contribution is 2.27. The van der Waals surface area contributed by atoms with Gasteiger partial charge >= 0.3 is 0 Å². The van der Waals surface area contributed by atoms with E-state index in [0.29, 0.717) is 6.54 Å². The smallest absolute Gasteiger partial charge is 0.227 e. The summed E-state index contributed by atoms with van der Waals surface area (Å²) in [4.78, 5) is 35.7. The molecule has 0 aliphatic carbocycles. The molecule has 0 saturated carbocycles. The quantitative estimate of drug-likeness (QED) is 0.704. The van der Waals surface area contributed by atoms with Crippen LogP contribution >= 0.6 is 11.3 Å². The van der Waals surface area contributed by atoms with Crippen molar-refractivity contribution >= 4 is 28.8 Å². The van der Waals surface area contributed by atoms with Crippen molar-refractivity contribution in [1.29, 1.82) is 0 Å². The molecule has 2 amide bonds. The Bertz CT molecular complexity index is 1050. The first kappa shape index (κ1) is 19.3. The van der Waals surface area contributed by atoms with Gasteiger partial charge in [0, 0.05) is 42.0 Å². The van der Waals surface area contributed by atoms with E-state index in [9.17, 15) is 9.59 Å². The first-order valence-electron chi connectivity index (χ1n) is 9.50. The summed E-state index contributed by atoms with van der Waals surface area (Å²) in [5.74, 6) is -0.524. The molecule has 3 aromatic rings. The summed E-state index contributed by atoms with van der Waals surface area (Å²) >= 11 is 1.59. The van der Waals surface area contributed by atoms with E-state index in [1.165, 1.54) is 5.56 Å². The second-order valence-electron chi connectivity index (χ2n) is 7.26. The molecule has 2 aromatic heterocycles. The molecule has 1 aromatic carbocycles. The van der Waals surface area contributed by atoms with Gasteiger partial charge in [0.25, 0.3) is 0 Å². The molecular weight excluding hydrogens is 384 g/mol. The number of carbonyl (C=O) groups excluding carboxylic acids is 2. The Morgan fingerprint density at radius 3 is 2.79 bits per heavy atom. The summed E-state index contributed by atoms with van der Waals surface area (Å²) in [5, 5.41) is 6.93. The van der Waals surface area contributed by atoms with Crippen molar-refractivity contribution in [2.75, 3.05) is 11.4 Å². The van der Waals surface area contributed by atoms with Gasteiger partial charge in [0.1, 0.15) is 0 Å². The van der Waals surface area contributed by atoms with Crippen LogP contribution < -0.4 is 10.2 Å².